The topological polar surface area (TPSA) is 154 Å². The van der Waals surface area contributed by atoms with Gasteiger partial charge in [0.25, 0.3) is 0 Å². The van der Waals surface area contributed by atoms with Crippen LogP contribution in [0.15, 0.2) is 36.7 Å². The van der Waals surface area contributed by atoms with Gasteiger partial charge in [0.2, 0.25) is 5.95 Å². The van der Waals surface area contributed by atoms with Gasteiger partial charge in [0.05, 0.1) is 16.5 Å². The molecule has 0 fully saturated rings. The van der Waals surface area contributed by atoms with Gasteiger partial charge in [-0.05, 0) is 41.7 Å². The Labute approximate surface area is 197 Å². The number of pyridine rings is 1. The Hall–Kier alpha value is -3.75. The van der Waals surface area contributed by atoms with Crippen molar-refractivity contribution in [3.63, 3.8) is 0 Å². The van der Waals surface area contributed by atoms with Crippen LogP contribution in [0.25, 0.3) is 10.2 Å². The summed E-state index contributed by atoms with van der Waals surface area (Å²) in [6.45, 7) is 1.60. The summed E-state index contributed by atoms with van der Waals surface area (Å²) < 4.78 is 5.06. The first-order chi connectivity index (χ1) is 15.8. The molecule has 0 unspecified atom stereocenters. The van der Waals surface area contributed by atoms with E-state index in [1.807, 2.05) is 0 Å². The van der Waals surface area contributed by atoms with Crippen molar-refractivity contribution in [3.8, 4) is 0 Å². The summed E-state index contributed by atoms with van der Waals surface area (Å²) >= 11 is 7.68. The molecule has 0 aliphatic heterocycles. The molecular formula is C18H11ClN6O6S2. The van der Waals surface area contributed by atoms with Gasteiger partial charge in [-0.25, -0.2) is 19.7 Å². The molecule has 0 bridgehead atoms. The molecule has 4 aromatic heterocycles. The molecule has 0 saturated carbocycles. The highest BCUT2D eigenvalue weighted by atomic mass is 35.5. The number of carbonyl (C=O) groups is 1. The van der Waals surface area contributed by atoms with E-state index in [0.29, 0.717) is 21.6 Å². The predicted molar refractivity (Wildman–Crippen MR) is 122 cm³/mol. The van der Waals surface area contributed by atoms with Crippen molar-refractivity contribution in [3.05, 3.63) is 67.5 Å². The second-order valence-corrected chi connectivity index (χ2v) is 8.54. The quantitative estimate of drug-likeness (QED) is 0.184. The average molecular weight is 507 g/mol. The van der Waals surface area contributed by atoms with Gasteiger partial charge >= 0.3 is 16.0 Å². The summed E-state index contributed by atoms with van der Waals surface area (Å²) in [5.74, 6) is -0.645. The lowest BCUT2D eigenvalue weighted by Crippen LogP contribution is -2.17. The lowest BCUT2D eigenvalue weighted by atomic mass is 10.3. The van der Waals surface area contributed by atoms with E-state index in [1.165, 1.54) is 23.4 Å². The van der Waals surface area contributed by atoms with Crippen molar-refractivity contribution in [1.82, 2.24) is 15.0 Å². The monoisotopic (exact) mass is 506 g/mol. The number of anilines is 3. The van der Waals surface area contributed by atoms with Crippen LogP contribution in [0.4, 0.5) is 26.8 Å². The molecule has 4 heterocycles. The van der Waals surface area contributed by atoms with Crippen molar-refractivity contribution in [1.29, 1.82) is 0 Å². The number of aromatic nitrogens is 3. The predicted octanol–water partition coefficient (Wildman–Crippen LogP) is 5.26. The van der Waals surface area contributed by atoms with Crippen LogP contribution in [0.1, 0.15) is 17.3 Å². The fraction of sp³-hybridized carbons (Fsp3) is 0.111. The van der Waals surface area contributed by atoms with Crippen LogP contribution < -0.4 is 4.90 Å². The Balaban J connectivity index is 1.98. The third kappa shape index (κ3) is 4.18. The highest BCUT2D eigenvalue weighted by Gasteiger charge is 2.35. The minimum absolute atomic E-state index is 0.0170. The average Bonchev–Trinajstić information content (AvgIpc) is 3.36. The van der Waals surface area contributed by atoms with Crippen LogP contribution in [-0.4, -0.2) is 37.4 Å². The molecular weight excluding hydrogens is 496 g/mol. The minimum Gasteiger partial charge on any atom is -0.462 e. The van der Waals surface area contributed by atoms with Crippen molar-refractivity contribution in [2.45, 2.75) is 6.92 Å². The van der Waals surface area contributed by atoms with Gasteiger partial charge < -0.3 is 4.74 Å². The molecule has 0 amide bonds. The number of esters is 1. The molecule has 0 aliphatic carbocycles. The second kappa shape index (κ2) is 9.01. The lowest BCUT2D eigenvalue weighted by Gasteiger charge is -2.20. The van der Waals surface area contributed by atoms with Crippen molar-refractivity contribution in [2.75, 3.05) is 11.5 Å². The van der Waals surface area contributed by atoms with E-state index in [4.69, 9.17) is 16.3 Å². The largest absolute Gasteiger partial charge is 0.462 e. The molecule has 0 atom stereocenters. The normalized spacial score (nSPS) is 10.8. The molecule has 15 heteroatoms. The third-order valence-electron chi connectivity index (χ3n) is 4.17. The molecule has 0 spiro atoms. The number of carbonyl (C=O) groups excluding carboxylic acids is 1. The maximum Gasteiger partial charge on any atom is 0.345 e. The number of thiophene rings is 2. The summed E-state index contributed by atoms with van der Waals surface area (Å²) in [5.41, 5.74) is -0.235. The standard InChI is InChI=1S/C18H11ClN6O6S2/c1-2-31-17(26)12-13(19)16(25(29)30)33-15(12)23(10-5-3-4-6-20-10)18-21-8-9-7-11(24(27)28)32-14(9)22-18/h3-8H,2H2,1H3. The summed E-state index contributed by atoms with van der Waals surface area (Å²) in [6, 6.07) is 6.24. The van der Waals surface area contributed by atoms with Crippen molar-refractivity contribution >= 4 is 77.2 Å². The number of nitro groups is 2. The molecule has 0 aromatic carbocycles. The van der Waals surface area contributed by atoms with Gasteiger partial charge in [-0.1, -0.05) is 17.7 Å². The van der Waals surface area contributed by atoms with E-state index < -0.39 is 20.8 Å². The fourth-order valence-electron chi connectivity index (χ4n) is 2.83. The van der Waals surface area contributed by atoms with Gasteiger partial charge in [-0.15, -0.1) is 0 Å². The van der Waals surface area contributed by atoms with Crippen molar-refractivity contribution in [2.24, 2.45) is 0 Å². The van der Waals surface area contributed by atoms with E-state index in [1.54, 1.807) is 25.1 Å². The zero-order chi connectivity index (χ0) is 23.7. The minimum atomic E-state index is -0.865. The van der Waals surface area contributed by atoms with E-state index in [2.05, 4.69) is 15.0 Å². The summed E-state index contributed by atoms with van der Waals surface area (Å²) in [4.78, 5) is 48.7. The van der Waals surface area contributed by atoms with E-state index in [9.17, 15) is 25.0 Å². The number of rotatable bonds is 7. The molecule has 12 nitrogen and oxygen atoms in total. The van der Waals surface area contributed by atoms with E-state index >= 15 is 0 Å². The Morgan fingerprint density at radius 2 is 2.00 bits per heavy atom. The summed E-state index contributed by atoms with van der Waals surface area (Å²) in [5, 5.41) is 22.2. The smallest absolute Gasteiger partial charge is 0.345 e. The first kappa shape index (κ1) is 22.4. The number of halogens is 1. The Morgan fingerprint density at radius 1 is 1.21 bits per heavy atom. The summed E-state index contributed by atoms with van der Waals surface area (Å²) in [6.07, 6.45) is 2.86. The maximum atomic E-state index is 12.7. The molecule has 0 saturated heterocycles. The van der Waals surface area contributed by atoms with E-state index in [-0.39, 0.29) is 39.0 Å². The highest BCUT2D eigenvalue weighted by Crippen LogP contribution is 2.48. The zero-order valence-electron chi connectivity index (χ0n) is 16.5. The lowest BCUT2D eigenvalue weighted by molar-refractivity contribution is -0.380. The molecule has 0 N–H and O–H groups in total. The van der Waals surface area contributed by atoms with Crippen LogP contribution in [0.5, 0.6) is 0 Å². The van der Waals surface area contributed by atoms with Gasteiger partial charge in [-0.3, -0.25) is 25.1 Å². The number of hydrogen-bond donors (Lipinski definition) is 0. The molecule has 4 rings (SSSR count). The summed E-state index contributed by atoms with van der Waals surface area (Å²) in [7, 11) is 0. The fourth-order valence-corrected chi connectivity index (χ4v) is 5.06. The van der Waals surface area contributed by atoms with Gasteiger partial charge in [0, 0.05) is 23.8 Å². The number of ether oxygens (including phenoxy) is 1. The molecule has 168 valence electrons. The third-order valence-corrected chi connectivity index (χ3v) is 6.77. The Kier molecular flexibility index (Phi) is 6.13. The molecule has 0 radical (unpaired) electrons. The SMILES string of the molecule is CCOC(=O)c1c(N(c2ccccn2)c2ncc3cc([N+](=O)[O-])sc3n2)sc([N+](=O)[O-])c1Cl. The zero-order valence-corrected chi connectivity index (χ0v) is 18.9. The maximum absolute atomic E-state index is 12.7. The van der Waals surface area contributed by atoms with Crippen LogP contribution in [-0.2, 0) is 4.74 Å². The van der Waals surface area contributed by atoms with Crippen LogP contribution >= 0.6 is 34.3 Å². The van der Waals surface area contributed by atoms with Crippen LogP contribution in [0, 0.1) is 20.2 Å². The molecule has 33 heavy (non-hydrogen) atoms. The van der Waals surface area contributed by atoms with Crippen LogP contribution in [0.2, 0.25) is 5.02 Å². The molecule has 0 aliphatic rings. The Bertz CT molecular complexity index is 1390. The van der Waals surface area contributed by atoms with Gasteiger partial charge in [0.15, 0.2) is 0 Å². The first-order valence-electron chi connectivity index (χ1n) is 9.07. The Morgan fingerprint density at radius 3 is 2.64 bits per heavy atom. The van der Waals surface area contributed by atoms with Crippen LogP contribution in [0.3, 0.4) is 0 Å². The van der Waals surface area contributed by atoms with Gasteiger partial charge in [-0.2, -0.15) is 0 Å². The first-order valence-corrected chi connectivity index (χ1v) is 11.1. The number of fused-ring (bicyclic) bond motifs is 1. The van der Waals surface area contributed by atoms with Crippen molar-refractivity contribution < 1.29 is 19.4 Å². The van der Waals surface area contributed by atoms with Gasteiger partial charge in [0.1, 0.15) is 26.2 Å². The highest BCUT2D eigenvalue weighted by molar-refractivity contribution is 7.21. The van der Waals surface area contributed by atoms with E-state index in [0.717, 1.165) is 11.3 Å². The number of hydrogen-bond acceptors (Lipinski definition) is 12. The second-order valence-electron chi connectivity index (χ2n) is 6.17. The number of nitrogens with zero attached hydrogens (tertiary/aromatic N) is 6. The molecule has 4 aromatic rings.